The summed E-state index contributed by atoms with van der Waals surface area (Å²) >= 11 is 0. The fourth-order valence-corrected chi connectivity index (χ4v) is 3.06. The molecule has 0 unspecified atom stereocenters. The van der Waals surface area contributed by atoms with Crippen molar-refractivity contribution in [3.05, 3.63) is 53.6 Å². The van der Waals surface area contributed by atoms with Gasteiger partial charge in [-0.05, 0) is 55.3 Å². The summed E-state index contributed by atoms with van der Waals surface area (Å²) in [6.45, 7) is 2.79. The second-order valence-corrected chi connectivity index (χ2v) is 8.24. The minimum atomic E-state index is -4.41. The largest absolute Gasteiger partial charge is 0.394 e. The van der Waals surface area contributed by atoms with Crippen LogP contribution in [0.3, 0.4) is 0 Å². The average Bonchev–Trinajstić information content (AvgIpc) is 2.71. The SMILES string of the molecule is Cc1ccc(N(C[C@@H](O)[C@@H](O)[C@H](O)CO)N=Nc2cccc(S(=O)(=O)O)c2)cc1C. The van der Waals surface area contributed by atoms with Gasteiger partial charge in [-0.3, -0.25) is 4.55 Å². The predicted octanol–water partition coefficient (Wildman–Crippen LogP) is 1.13. The second-order valence-electron chi connectivity index (χ2n) is 6.82. The van der Waals surface area contributed by atoms with E-state index in [1.54, 1.807) is 12.1 Å². The Bertz CT molecular complexity index is 997. The van der Waals surface area contributed by atoms with Crippen molar-refractivity contribution in [2.24, 2.45) is 10.3 Å². The van der Waals surface area contributed by atoms with Crippen LogP contribution in [0.2, 0.25) is 0 Å². The molecule has 0 aliphatic carbocycles. The Kier molecular flexibility index (Phi) is 8.01. The molecule has 0 radical (unpaired) electrons. The van der Waals surface area contributed by atoms with Crippen LogP contribution >= 0.6 is 0 Å². The standard InChI is InChI=1S/C19H25N3O7S/c1-12-6-7-15(8-13(12)2)22(10-17(24)19(26)18(25)11-23)21-20-14-4-3-5-16(9-14)30(27,28)29/h3-9,17-19,23-26H,10-11H2,1-2H3,(H,27,28,29)/t17-,18-,19-/m1/s1. The third-order valence-electron chi connectivity index (χ3n) is 4.51. The third kappa shape index (κ3) is 6.29. The predicted molar refractivity (Wildman–Crippen MR) is 109 cm³/mol. The number of aryl methyl sites for hydroxylation is 2. The van der Waals surface area contributed by atoms with E-state index in [1.807, 2.05) is 19.9 Å². The van der Waals surface area contributed by atoms with Crippen LogP contribution in [-0.2, 0) is 10.1 Å². The molecule has 0 aromatic heterocycles. The van der Waals surface area contributed by atoms with Crippen molar-refractivity contribution < 1.29 is 33.4 Å². The van der Waals surface area contributed by atoms with Gasteiger partial charge in [-0.25, -0.2) is 5.01 Å². The first-order valence-corrected chi connectivity index (χ1v) is 10.5. The molecular formula is C19H25N3O7S. The normalized spacial score (nSPS) is 15.2. The molecule has 164 valence electrons. The Hall–Kier alpha value is -2.41. The van der Waals surface area contributed by atoms with E-state index < -0.39 is 35.0 Å². The molecule has 5 N–H and O–H groups in total. The molecule has 0 bridgehead atoms. The molecule has 0 aliphatic heterocycles. The molecule has 30 heavy (non-hydrogen) atoms. The van der Waals surface area contributed by atoms with E-state index in [0.29, 0.717) is 5.69 Å². The molecule has 10 nitrogen and oxygen atoms in total. The highest BCUT2D eigenvalue weighted by Gasteiger charge is 2.26. The van der Waals surface area contributed by atoms with Crippen LogP contribution in [0, 0.1) is 13.8 Å². The molecular weight excluding hydrogens is 414 g/mol. The van der Waals surface area contributed by atoms with Gasteiger partial charge in [0.1, 0.15) is 18.3 Å². The molecule has 0 aliphatic rings. The van der Waals surface area contributed by atoms with E-state index in [1.165, 1.54) is 23.2 Å². The van der Waals surface area contributed by atoms with Gasteiger partial charge in [0.25, 0.3) is 10.1 Å². The quantitative estimate of drug-likeness (QED) is 0.220. The fourth-order valence-electron chi connectivity index (χ4n) is 2.54. The lowest BCUT2D eigenvalue weighted by molar-refractivity contribution is -0.0732. The van der Waals surface area contributed by atoms with Crippen molar-refractivity contribution in [1.82, 2.24) is 0 Å². The summed E-state index contributed by atoms with van der Waals surface area (Å²) in [5.41, 5.74) is 2.61. The van der Waals surface area contributed by atoms with Crippen molar-refractivity contribution >= 4 is 21.5 Å². The molecule has 0 heterocycles. The number of hydrogen-bond acceptors (Lipinski definition) is 8. The molecule has 2 aromatic carbocycles. The van der Waals surface area contributed by atoms with Crippen LogP contribution in [0.1, 0.15) is 11.1 Å². The van der Waals surface area contributed by atoms with Crippen molar-refractivity contribution in [2.75, 3.05) is 18.2 Å². The van der Waals surface area contributed by atoms with Gasteiger partial charge in [-0.2, -0.15) is 8.42 Å². The summed E-state index contributed by atoms with van der Waals surface area (Å²) in [5.74, 6) is 0. The first-order valence-electron chi connectivity index (χ1n) is 9.02. The van der Waals surface area contributed by atoms with E-state index in [-0.39, 0.29) is 17.1 Å². The van der Waals surface area contributed by atoms with Crippen LogP contribution < -0.4 is 5.01 Å². The van der Waals surface area contributed by atoms with E-state index >= 15 is 0 Å². The van der Waals surface area contributed by atoms with Gasteiger partial charge in [0.15, 0.2) is 0 Å². The Morgan fingerprint density at radius 1 is 1.00 bits per heavy atom. The number of anilines is 1. The summed E-state index contributed by atoms with van der Waals surface area (Å²) in [4.78, 5) is -0.349. The van der Waals surface area contributed by atoms with Crippen LogP contribution in [0.5, 0.6) is 0 Å². The summed E-state index contributed by atoms with van der Waals surface area (Å²) < 4.78 is 31.8. The fraction of sp³-hybridized carbons (Fsp3) is 0.368. The maximum absolute atomic E-state index is 11.3. The topological polar surface area (TPSA) is 163 Å². The highest BCUT2D eigenvalue weighted by molar-refractivity contribution is 7.85. The van der Waals surface area contributed by atoms with Gasteiger partial charge in [-0.1, -0.05) is 17.4 Å². The number of rotatable bonds is 9. The van der Waals surface area contributed by atoms with Crippen molar-refractivity contribution in [3.63, 3.8) is 0 Å². The van der Waals surface area contributed by atoms with Gasteiger partial charge in [0.05, 0.1) is 29.4 Å². The molecule has 2 rings (SSSR count). The minimum Gasteiger partial charge on any atom is -0.394 e. The minimum absolute atomic E-state index is 0.129. The van der Waals surface area contributed by atoms with Gasteiger partial charge in [-0.15, -0.1) is 5.11 Å². The van der Waals surface area contributed by atoms with Crippen molar-refractivity contribution in [3.8, 4) is 0 Å². The highest BCUT2D eigenvalue weighted by atomic mass is 32.2. The van der Waals surface area contributed by atoms with Gasteiger partial charge in [0.2, 0.25) is 0 Å². The maximum atomic E-state index is 11.3. The smallest absolute Gasteiger partial charge is 0.294 e. The molecule has 0 saturated carbocycles. The number of hydrogen-bond donors (Lipinski definition) is 5. The van der Waals surface area contributed by atoms with Crippen molar-refractivity contribution in [2.45, 2.75) is 37.1 Å². The van der Waals surface area contributed by atoms with E-state index in [2.05, 4.69) is 10.3 Å². The number of aliphatic hydroxyl groups excluding tert-OH is 4. The zero-order valence-electron chi connectivity index (χ0n) is 16.5. The first-order chi connectivity index (χ1) is 14.0. The van der Waals surface area contributed by atoms with Gasteiger partial charge in [0, 0.05) is 0 Å². The number of nitrogens with zero attached hydrogens (tertiary/aromatic N) is 3. The Morgan fingerprint density at radius 3 is 2.30 bits per heavy atom. The molecule has 11 heteroatoms. The van der Waals surface area contributed by atoms with Crippen LogP contribution in [0.15, 0.2) is 57.7 Å². The molecule has 3 atom stereocenters. The Labute approximate surface area is 174 Å². The Morgan fingerprint density at radius 2 is 1.70 bits per heavy atom. The van der Waals surface area contributed by atoms with E-state index in [9.17, 15) is 23.7 Å². The molecule has 0 saturated heterocycles. The molecule has 2 aromatic rings. The molecule has 0 amide bonds. The lowest BCUT2D eigenvalue weighted by Crippen LogP contribution is -2.44. The van der Waals surface area contributed by atoms with E-state index in [4.69, 9.17) is 9.66 Å². The van der Waals surface area contributed by atoms with Crippen LogP contribution in [0.4, 0.5) is 11.4 Å². The monoisotopic (exact) mass is 439 g/mol. The number of benzene rings is 2. The summed E-state index contributed by atoms with van der Waals surface area (Å²) in [6.07, 6.45) is -4.64. The number of aliphatic hydroxyl groups is 4. The summed E-state index contributed by atoms with van der Waals surface area (Å²) in [5, 5.41) is 48.0. The molecule has 0 fully saturated rings. The summed E-state index contributed by atoms with van der Waals surface area (Å²) in [6, 6.07) is 10.5. The van der Waals surface area contributed by atoms with Crippen LogP contribution in [0.25, 0.3) is 0 Å². The van der Waals surface area contributed by atoms with Crippen LogP contribution in [-0.4, -0.2) is 64.9 Å². The Balaban J connectivity index is 2.36. The third-order valence-corrected chi connectivity index (χ3v) is 5.36. The zero-order valence-corrected chi connectivity index (χ0v) is 17.3. The van der Waals surface area contributed by atoms with Gasteiger partial charge >= 0.3 is 0 Å². The lowest BCUT2D eigenvalue weighted by Gasteiger charge is -2.26. The molecule has 0 spiro atoms. The van der Waals surface area contributed by atoms with Gasteiger partial charge < -0.3 is 20.4 Å². The average molecular weight is 439 g/mol. The van der Waals surface area contributed by atoms with E-state index in [0.717, 1.165) is 17.2 Å². The first kappa shape index (κ1) is 23.9. The second kappa shape index (κ2) is 10.1. The lowest BCUT2D eigenvalue weighted by atomic mass is 10.1. The maximum Gasteiger partial charge on any atom is 0.294 e. The highest BCUT2D eigenvalue weighted by Crippen LogP contribution is 2.23. The zero-order chi connectivity index (χ0) is 22.5. The summed E-state index contributed by atoms with van der Waals surface area (Å²) in [7, 11) is -4.41. The van der Waals surface area contributed by atoms with Crippen molar-refractivity contribution in [1.29, 1.82) is 0 Å².